The van der Waals surface area contributed by atoms with Gasteiger partial charge in [0.05, 0.1) is 18.5 Å². The van der Waals surface area contributed by atoms with E-state index in [2.05, 4.69) is 5.32 Å². The van der Waals surface area contributed by atoms with Crippen molar-refractivity contribution in [2.45, 2.75) is 39.5 Å². The molecule has 2 aromatic rings. The third-order valence-electron chi connectivity index (χ3n) is 4.77. The van der Waals surface area contributed by atoms with Crippen LogP contribution in [0.4, 0.5) is 5.69 Å². The monoisotopic (exact) mass is 432 g/mol. The van der Waals surface area contributed by atoms with Crippen LogP contribution in [0.15, 0.2) is 48.5 Å². The second-order valence-corrected chi connectivity index (χ2v) is 9.52. The summed E-state index contributed by atoms with van der Waals surface area (Å²) in [5.74, 6) is 0.885. The van der Waals surface area contributed by atoms with Crippen LogP contribution in [0.3, 0.4) is 0 Å². The predicted molar refractivity (Wildman–Crippen MR) is 122 cm³/mol. The first-order chi connectivity index (χ1) is 14.2. The van der Waals surface area contributed by atoms with E-state index in [0.717, 1.165) is 16.9 Å². The maximum Gasteiger partial charge on any atom is 0.232 e. The molecule has 2 rings (SSSR count). The molecule has 0 aliphatic rings. The number of carbonyl (C=O) groups is 1. The van der Waals surface area contributed by atoms with Crippen LogP contribution < -0.4 is 14.4 Å². The number of hydrogen-bond acceptors (Lipinski definition) is 4. The van der Waals surface area contributed by atoms with E-state index in [9.17, 15) is 13.2 Å². The SMILES string of the molecule is Cc1ccccc1OCCNC(=O)CCCN(c1ccccc1C(C)C)S(C)(=O)=O. The Hall–Kier alpha value is -2.54. The molecule has 2 aromatic carbocycles. The van der Waals surface area contributed by atoms with Crippen LogP contribution in [0, 0.1) is 6.92 Å². The zero-order valence-electron chi connectivity index (χ0n) is 18.2. The number of rotatable bonds is 11. The molecule has 0 saturated carbocycles. The van der Waals surface area contributed by atoms with Gasteiger partial charge in [-0.3, -0.25) is 9.10 Å². The molecule has 0 bridgehead atoms. The highest BCUT2D eigenvalue weighted by Crippen LogP contribution is 2.29. The highest BCUT2D eigenvalue weighted by molar-refractivity contribution is 7.92. The van der Waals surface area contributed by atoms with Crippen LogP contribution in [-0.2, 0) is 14.8 Å². The molecule has 7 heteroatoms. The predicted octanol–water partition coefficient (Wildman–Crippen LogP) is 3.86. The van der Waals surface area contributed by atoms with Gasteiger partial charge in [0.1, 0.15) is 12.4 Å². The van der Waals surface area contributed by atoms with Gasteiger partial charge < -0.3 is 10.1 Å². The van der Waals surface area contributed by atoms with Gasteiger partial charge in [-0.15, -0.1) is 0 Å². The number of ether oxygens (including phenoxy) is 1. The van der Waals surface area contributed by atoms with E-state index >= 15 is 0 Å². The lowest BCUT2D eigenvalue weighted by Crippen LogP contribution is -2.33. The molecule has 0 atom stereocenters. The number of carbonyl (C=O) groups excluding carboxylic acids is 1. The number of para-hydroxylation sites is 2. The fourth-order valence-corrected chi connectivity index (χ4v) is 4.19. The Morgan fingerprint density at radius 3 is 2.43 bits per heavy atom. The standard InChI is InChI=1S/C23H32N2O4S/c1-18(2)20-11-6-7-12-21(20)25(30(4,27)28)16-9-14-23(26)24-15-17-29-22-13-8-5-10-19(22)3/h5-8,10-13,18H,9,14-17H2,1-4H3,(H,24,26). The highest BCUT2D eigenvalue weighted by Gasteiger charge is 2.21. The van der Waals surface area contributed by atoms with Crippen molar-refractivity contribution < 1.29 is 17.9 Å². The smallest absolute Gasteiger partial charge is 0.232 e. The van der Waals surface area contributed by atoms with Crippen molar-refractivity contribution in [2.75, 3.05) is 30.3 Å². The van der Waals surface area contributed by atoms with E-state index in [-0.39, 0.29) is 24.8 Å². The lowest BCUT2D eigenvalue weighted by Gasteiger charge is -2.26. The number of benzene rings is 2. The van der Waals surface area contributed by atoms with Crippen molar-refractivity contribution in [3.05, 3.63) is 59.7 Å². The third-order valence-corrected chi connectivity index (χ3v) is 5.95. The van der Waals surface area contributed by atoms with E-state index in [1.807, 2.05) is 69.3 Å². The van der Waals surface area contributed by atoms with E-state index < -0.39 is 10.0 Å². The number of aryl methyl sites for hydroxylation is 1. The van der Waals surface area contributed by atoms with Crippen LogP contribution in [0.2, 0.25) is 0 Å². The van der Waals surface area contributed by atoms with Crippen molar-refractivity contribution >= 4 is 21.6 Å². The molecule has 1 N–H and O–H groups in total. The fraction of sp³-hybridized carbons (Fsp3) is 0.435. The van der Waals surface area contributed by atoms with Crippen LogP contribution >= 0.6 is 0 Å². The van der Waals surface area contributed by atoms with Gasteiger partial charge >= 0.3 is 0 Å². The Balaban J connectivity index is 1.84. The molecule has 0 unspecified atom stereocenters. The minimum atomic E-state index is -3.45. The summed E-state index contributed by atoms with van der Waals surface area (Å²) in [5, 5.41) is 2.82. The minimum absolute atomic E-state index is 0.117. The molecule has 0 aromatic heterocycles. The van der Waals surface area contributed by atoms with Crippen LogP contribution in [0.1, 0.15) is 43.7 Å². The van der Waals surface area contributed by atoms with Gasteiger partial charge in [0.25, 0.3) is 0 Å². The molecule has 0 spiro atoms. The Kier molecular flexibility index (Phi) is 8.72. The average molecular weight is 433 g/mol. The van der Waals surface area contributed by atoms with Crippen LogP contribution in [-0.4, -0.2) is 40.3 Å². The van der Waals surface area contributed by atoms with Gasteiger partial charge in [0.15, 0.2) is 0 Å². The topological polar surface area (TPSA) is 75.7 Å². The van der Waals surface area contributed by atoms with Crippen molar-refractivity contribution in [1.82, 2.24) is 5.32 Å². The Labute approximate surface area is 180 Å². The maximum absolute atomic E-state index is 12.4. The lowest BCUT2D eigenvalue weighted by molar-refractivity contribution is -0.121. The van der Waals surface area contributed by atoms with Crippen molar-refractivity contribution in [2.24, 2.45) is 0 Å². The summed E-state index contributed by atoms with van der Waals surface area (Å²) in [5.41, 5.74) is 2.70. The molecule has 0 saturated heterocycles. The molecule has 0 fully saturated rings. The fourth-order valence-electron chi connectivity index (χ4n) is 3.21. The van der Waals surface area contributed by atoms with Gasteiger partial charge in [-0.1, -0.05) is 50.2 Å². The summed E-state index contributed by atoms with van der Waals surface area (Å²) in [7, 11) is -3.45. The van der Waals surface area contributed by atoms with Gasteiger partial charge in [-0.25, -0.2) is 8.42 Å². The summed E-state index contributed by atoms with van der Waals surface area (Å²) < 4.78 is 31.8. The van der Waals surface area contributed by atoms with E-state index in [4.69, 9.17) is 4.74 Å². The zero-order valence-corrected chi connectivity index (χ0v) is 19.0. The Bertz CT molecular complexity index is 942. The molecule has 0 heterocycles. The minimum Gasteiger partial charge on any atom is -0.491 e. The summed E-state index contributed by atoms with van der Waals surface area (Å²) >= 11 is 0. The number of anilines is 1. The van der Waals surface area contributed by atoms with Crippen molar-refractivity contribution in [3.8, 4) is 5.75 Å². The average Bonchev–Trinajstić information content (AvgIpc) is 2.69. The molecule has 0 aliphatic heterocycles. The van der Waals surface area contributed by atoms with Gasteiger partial charge in [0, 0.05) is 13.0 Å². The Morgan fingerprint density at radius 2 is 1.77 bits per heavy atom. The Morgan fingerprint density at radius 1 is 1.10 bits per heavy atom. The third kappa shape index (κ3) is 7.06. The van der Waals surface area contributed by atoms with E-state index in [0.29, 0.717) is 25.3 Å². The second-order valence-electron chi connectivity index (χ2n) is 7.62. The molecule has 6 nitrogen and oxygen atoms in total. The first-order valence-corrected chi connectivity index (χ1v) is 12.1. The zero-order chi connectivity index (χ0) is 22.1. The summed E-state index contributed by atoms with van der Waals surface area (Å²) in [4.78, 5) is 12.1. The normalized spacial score (nSPS) is 11.4. The number of hydrogen-bond donors (Lipinski definition) is 1. The lowest BCUT2D eigenvalue weighted by atomic mass is 10.0. The number of amides is 1. The molecule has 164 valence electrons. The van der Waals surface area contributed by atoms with Gasteiger partial charge in [-0.05, 0) is 42.5 Å². The molecule has 30 heavy (non-hydrogen) atoms. The summed E-state index contributed by atoms with van der Waals surface area (Å²) in [6.07, 6.45) is 1.89. The number of nitrogens with one attached hydrogen (secondary N) is 1. The van der Waals surface area contributed by atoms with E-state index in [1.165, 1.54) is 10.6 Å². The molecule has 0 aliphatic carbocycles. The quantitative estimate of drug-likeness (QED) is 0.547. The molecular formula is C23H32N2O4S. The first-order valence-electron chi connectivity index (χ1n) is 10.2. The number of nitrogens with zero attached hydrogens (tertiary/aromatic N) is 1. The van der Waals surface area contributed by atoms with Crippen LogP contribution in [0.5, 0.6) is 5.75 Å². The second kappa shape index (κ2) is 11.0. The van der Waals surface area contributed by atoms with E-state index in [1.54, 1.807) is 0 Å². The van der Waals surface area contributed by atoms with Gasteiger partial charge in [0.2, 0.25) is 15.9 Å². The number of sulfonamides is 1. The largest absolute Gasteiger partial charge is 0.491 e. The maximum atomic E-state index is 12.4. The highest BCUT2D eigenvalue weighted by atomic mass is 32.2. The van der Waals surface area contributed by atoms with Crippen LogP contribution in [0.25, 0.3) is 0 Å². The van der Waals surface area contributed by atoms with Gasteiger partial charge in [-0.2, -0.15) is 0 Å². The molecule has 0 radical (unpaired) electrons. The molecular weight excluding hydrogens is 400 g/mol. The van der Waals surface area contributed by atoms with Crippen molar-refractivity contribution in [1.29, 1.82) is 0 Å². The summed E-state index contributed by atoms with van der Waals surface area (Å²) in [6.45, 7) is 7.08. The first kappa shape index (κ1) is 23.7. The molecule has 1 amide bonds. The summed E-state index contributed by atoms with van der Waals surface area (Å²) in [6, 6.07) is 15.2. The van der Waals surface area contributed by atoms with Crippen molar-refractivity contribution in [3.63, 3.8) is 0 Å².